The second-order valence-corrected chi connectivity index (χ2v) is 4.37. The molecule has 0 spiro atoms. The Labute approximate surface area is 97.3 Å². The van der Waals surface area contributed by atoms with Gasteiger partial charge >= 0.3 is 0 Å². The Hall–Kier alpha value is -1.31. The van der Waals surface area contributed by atoms with Gasteiger partial charge in [-0.15, -0.1) is 0 Å². The summed E-state index contributed by atoms with van der Waals surface area (Å²) in [5.41, 5.74) is 3.98. The molecule has 1 atom stereocenters. The molecule has 0 N–H and O–H groups in total. The average molecular weight is 217 g/mol. The van der Waals surface area contributed by atoms with E-state index in [0.29, 0.717) is 5.92 Å². The van der Waals surface area contributed by atoms with Crippen LogP contribution < -0.4 is 0 Å². The summed E-state index contributed by atoms with van der Waals surface area (Å²) in [6.07, 6.45) is 3.35. The van der Waals surface area contributed by atoms with Crippen LogP contribution in [-0.4, -0.2) is 12.3 Å². The highest BCUT2D eigenvalue weighted by atomic mass is 16.6. The Morgan fingerprint density at radius 1 is 1.44 bits per heavy atom. The third-order valence-electron chi connectivity index (χ3n) is 3.16. The van der Waals surface area contributed by atoms with Crippen molar-refractivity contribution in [3.8, 4) is 0 Å². The Morgan fingerprint density at radius 3 is 3.00 bits per heavy atom. The molecule has 0 aromatic heterocycles. The van der Waals surface area contributed by atoms with Gasteiger partial charge in [0, 0.05) is 5.92 Å². The lowest BCUT2D eigenvalue weighted by Gasteiger charge is -2.29. The Kier molecular flexibility index (Phi) is 3.60. The van der Waals surface area contributed by atoms with Crippen molar-refractivity contribution in [3.05, 3.63) is 35.4 Å². The van der Waals surface area contributed by atoms with Crippen LogP contribution in [-0.2, 0) is 11.3 Å². The molecule has 0 amide bonds. The number of benzene rings is 1. The van der Waals surface area contributed by atoms with E-state index in [1.54, 1.807) is 0 Å². The van der Waals surface area contributed by atoms with Gasteiger partial charge in [-0.3, -0.25) is 0 Å². The second-order valence-electron chi connectivity index (χ2n) is 4.37. The normalized spacial score (nSPS) is 18.9. The van der Waals surface area contributed by atoms with Crippen LogP contribution in [0.15, 0.2) is 29.4 Å². The molecule has 0 bridgehead atoms. The zero-order valence-electron chi connectivity index (χ0n) is 10.1. The maximum atomic E-state index is 5.30. The van der Waals surface area contributed by atoms with Crippen molar-refractivity contribution < 1.29 is 4.84 Å². The van der Waals surface area contributed by atoms with E-state index < -0.39 is 0 Å². The fourth-order valence-corrected chi connectivity index (χ4v) is 2.05. The molecule has 1 aliphatic rings. The Bertz CT molecular complexity index is 384. The molecule has 0 unspecified atom stereocenters. The molecule has 1 aliphatic carbocycles. The zero-order chi connectivity index (χ0) is 11.4. The summed E-state index contributed by atoms with van der Waals surface area (Å²) in [6, 6.07) is 8.57. The van der Waals surface area contributed by atoms with E-state index in [4.69, 9.17) is 4.84 Å². The lowest BCUT2D eigenvalue weighted by molar-refractivity contribution is 0.140. The highest BCUT2D eigenvalue weighted by molar-refractivity contribution is 5.91. The average Bonchev–Trinajstić information content (AvgIpc) is 2.26. The van der Waals surface area contributed by atoms with E-state index in [9.17, 15) is 0 Å². The van der Waals surface area contributed by atoms with Gasteiger partial charge in [0.2, 0.25) is 0 Å². The molecular formula is C14H19NO. The fourth-order valence-electron chi connectivity index (χ4n) is 2.05. The SMILES string of the molecule is CCCCO/N=C(/C)[C@@H]1Cc2ccccc21. The maximum absolute atomic E-state index is 5.30. The molecule has 0 radical (unpaired) electrons. The predicted molar refractivity (Wildman–Crippen MR) is 66.9 cm³/mol. The van der Waals surface area contributed by atoms with Crippen molar-refractivity contribution in [2.45, 2.75) is 39.0 Å². The molecule has 86 valence electrons. The predicted octanol–water partition coefficient (Wildman–Crippen LogP) is 3.52. The highest BCUT2D eigenvalue weighted by Gasteiger charge is 2.27. The maximum Gasteiger partial charge on any atom is 0.117 e. The quantitative estimate of drug-likeness (QED) is 0.420. The van der Waals surface area contributed by atoms with Gasteiger partial charge in [0.1, 0.15) is 6.61 Å². The van der Waals surface area contributed by atoms with Crippen LogP contribution in [0.3, 0.4) is 0 Å². The largest absolute Gasteiger partial charge is 0.396 e. The molecule has 2 nitrogen and oxygen atoms in total. The molecule has 0 heterocycles. The van der Waals surface area contributed by atoms with Gasteiger partial charge in [-0.25, -0.2) is 0 Å². The molecule has 1 aromatic rings. The van der Waals surface area contributed by atoms with E-state index >= 15 is 0 Å². The minimum Gasteiger partial charge on any atom is -0.396 e. The van der Waals surface area contributed by atoms with E-state index in [-0.39, 0.29) is 0 Å². The molecule has 0 saturated carbocycles. The van der Waals surface area contributed by atoms with E-state index in [2.05, 4.69) is 43.3 Å². The fraction of sp³-hybridized carbons (Fsp3) is 0.500. The van der Waals surface area contributed by atoms with Crippen LogP contribution in [0, 0.1) is 0 Å². The van der Waals surface area contributed by atoms with Gasteiger partial charge in [-0.1, -0.05) is 42.8 Å². The standard InChI is InChI=1S/C14H19NO/c1-3-4-9-16-15-11(2)14-10-12-7-5-6-8-13(12)14/h5-8,14H,3-4,9-10H2,1-2H3/b15-11-/t14-/m0/s1. The van der Waals surface area contributed by atoms with E-state index in [1.165, 1.54) is 11.1 Å². The second kappa shape index (κ2) is 5.15. The number of oxime groups is 1. The summed E-state index contributed by atoms with van der Waals surface area (Å²) in [7, 11) is 0. The van der Waals surface area contributed by atoms with E-state index in [0.717, 1.165) is 31.6 Å². The summed E-state index contributed by atoms with van der Waals surface area (Å²) >= 11 is 0. The van der Waals surface area contributed by atoms with Crippen LogP contribution in [0.2, 0.25) is 0 Å². The zero-order valence-corrected chi connectivity index (χ0v) is 10.1. The Morgan fingerprint density at radius 2 is 2.25 bits per heavy atom. The number of nitrogens with zero attached hydrogens (tertiary/aromatic N) is 1. The molecule has 0 aliphatic heterocycles. The number of fused-ring (bicyclic) bond motifs is 1. The molecule has 16 heavy (non-hydrogen) atoms. The van der Waals surface area contributed by atoms with Crippen molar-refractivity contribution in [2.24, 2.45) is 5.16 Å². The smallest absolute Gasteiger partial charge is 0.117 e. The number of unbranched alkanes of at least 4 members (excludes halogenated alkanes) is 1. The molecule has 2 heteroatoms. The van der Waals surface area contributed by atoms with Gasteiger partial charge < -0.3 is 4.84 Å². The van der Waals surface area contributed by atoms with Crippen molar-refractivity contribution in [1.29, 1.82) is 0 Å². The van der Waals surface area contributed by atoms with Crippen LogP contribution >= 0.6 is 0 Å². The number of rotatable bonds is 5. The van der Waals surface area contributed by atoms with Gasteiger partial charge in [-0.2, -0.15) is 0 Å². The summed E-state index contributed by atoms with van der Waals surface area (Å²) in [5.74, 6) is 0.484. The molecule has 2 rings (SSSR count). The monoisotopic (exact) mass is 217 g/mol. The number of hydrogen-bond acceptors (Lipinski definition) is 2. The summed E-state index contributed by atoms with van der Waals surface area (Å²) < 4.78 is 0. The van der Waals surface area contributed by atoms with Crippen LogP contribution in [0.5, 0.6) is 0 Å². The third kappa shape index (κ3) is 2.26. The minimum absolute atomic E-state index is 0.484. The van der Waals surface area contributed by atoms with Crippen molar-refractivity contribution in [3.63, 3.8) is 0 Å². The van der Waals surface area contributed by atoms with Crippen LogP contribution in [0.1, 0.15) is 43.7 Å². The lowest BCUT2D eigenvalue weighted by atomic mass is 9.75. The third-order valence-corrected chi connectivity index (χ3v) is 3.16. The minimum atomic E-state index is 0.484. The van der Waals surface area contributed by atoms with Gasteiger partial charge in [0.25, 0.3) is 0 Å². The van der Waals surface area contributed by atoms with E-state index in [1.807, 2.05) is 0 Å². The van der Waals surface area contributed by atoms with Crippen molar-refractivity contribution in [1.82, 2.24) is 0 Å². The molecule has 1 aromatic carbocycles. The molecular weight excluding hydrogens is 198 g/mol. The summed E-state index contributed by atoms with van der Waals surface area (Å²) in [4.78, 5) is 5.30. The topological polar surface area (TPSA) is 21.6 Å². The number of hydrogen-bond donors (Lipinski definition) is 0. The molecule has 0 fully saturated rings. The van der Waals surface area contributed by atoms with Crippen LogP contribution in [0.25, 0.3) is 0 Å². The first kappa shape index (κ1) is 11.2. The van der Waals surface area contributed by atoms with Gasteiger partial charge in [0.15, 0.2) is 0 Å². The summed E-state index contributed by atoms with van der Waals surface area (Å²) in [5, 5.41) is 4.20. The summed E-state index contributed by atoms with van der Waals surface area (Å²) in [6.45, 7) is 4.96. The van der Waals surface area contributed by atoms with Crippen LogP contribution in [0.4, 0.5) is 0 Å². The van der Waals surface area contributed by atoms with Crippen molar-refractivity contribution >= 4 is 5.71 Å². The van der Waals surface area contributed by atoms with Crippen molar-refractivity contribution in [2.75, 3.05) is 6.61 Å². The van der Waals surface area contributed by atoms with Gasteiger partial charge in [0.05, 0.1) is 5.71 Å². The Balaban J connectivity index is 1.91. The first-order valence-corrected chi connectivity index (χ1v) is 6.07. The lowest BCUT2D eigenvalue weighted by Crippen LogP contribution is -2.23. The molecule has 0 saturated heterocycles. The first-order chi connectivity index (χ1) is 7.83. The first-order valence-electron chi connectivity index (χ1n) is 6.07. The van der Waals surface area contributed by atoms with Gasteiger partial charge in [-0.05, 0) is 30.9 Å². The highest BCUT2D eigenvalue weighted by Crippen LogP contribution is 2.35.